The quantitative estimate of drug-likeness (QED) is 0.556. The van der Waals surface area contributed by atoms with Gasteiger partial charge in [0.05, 0.1) is 17.8 Å². The van der Waals surface area contributed by atoms with Gasteiger partial charge in [-0.3, -0.25) is 4.90 Å². The summed E-state index contributed by atoms with van der Waals surface area (Å²) in [6, 6.07) is 14.1. The van der Waals surface area contributed by atoms with Crippen molar-refractivity contribution in [1.29, 1.82) is 0 Å². The molecule has 1 aliphatic heterocycles. The molecule has 1 fully saturated rings. The number of nitrogens with zero attached hydrogens (tertiary/aromatic N) is 1. The summed E-state index contributed by atoms with van der Waals surface area (Å²) in [5, 5.41) is 0.0261. The fourth-order valence-corrected chi connectivity index (χ4v) is 3.60. The first-order chi connectivity index (χ1) is 14.0. The summed E-state index contributed by atoms with van der Waals surface area (Å²) in [6.07, 6.45) is -0.954. The normalized spacial score (nSPS) is 17.2. The Bertz CT molecular complexity index is 883. The molecule has 5 nitrogen and oxygen atoms in total. The van der Waals surface area contributed by atoms with E-state index in [1.807, 2.05) is 44.2 Å². The molecule has 0 N–H and O–H groups in total. The Balaban J connectivity index is 1.65. The number of cyclic esters (lactones) is 1. The van der Waals surface area contributed by atoms with E-state index in [9.17, 15) is 9.18 Å². The highest BCUT2D eigenvalue weighted by molar-refractivity contribution is 6.31. The van der Waals surface area contributed by atoms with Crippen LogP contribution in [0.1, 0.15) is 40.2 Å². The maximum atomic E-state index is 14.6. The number of rotatable bonds is 7. The standard InChI is InChI=1S/C23H28FNO4Si/c1-22(2,3)30-29-23(4,5)20-14-25(21(26)28-20)17-11-12-19(18(24)13-17)27-15-16-9-7-6-8-10-16/h6-13,20H,14-15H2,1-5H3/t20-/m1/s1. The van der Waals surface area contributed by atoms with Gasteiger partial charge in [0.25, 0.3) is 0 Å². The Labute approximate surface area is 180 Å². The minimum absolute atomic E-state index is 0.0261. The van der Waals surface area contributed by atoms with Crippen molar-refractivity contribution in [2.75, 3.05) is 11.4 Å². The second-order valence-electron chi connectivity index (χ2n) is 8.93. The van der Waals surface area contributed by atoms with Gasteiger partial charge in [0.2, 0.25) is 9.76 Å². The molecule has 30 heavy (non-hydrogen) atoms. The zero-order chi connectivity index (χ0) is 21.9. The highest BCUT2D eigenvalue weighted by Crippen LogP contribution is 2.32. The molecule has 7 heteroatoms. The average molecular weight is 430 g/mol. The number of carbonyl (C=O) groups is 1. The van der Waals surface area contributed by atoms with E-state index >= 15 is 0 Å². The van der Waals surface area contributed by atoms with E-state index in [1.165, 1.54) is 17.0 Å². The molecule has 0 bridgehead atoms. The number of carbonyl (C=O) groups excluding carboxylic acids is 1. The summed E-state index contributed by atoms with van der Waals surface area (Å²) < 4.78 is 31.8. The summed E-state index contributed by atoms with van der Waals surface area (Å²) in [4.78, 5) is 13.9. The second kappa shape index (κ2) is 8.77. The fraction of sp³-hybridized carbons (Fsp3) is 0.435. The summed E-state index contributed by atoms with van der Waals surface area (Å²) in [5.41, 5.74) is 0.735. The molecular weight excluding hydrogens is 401 g/mol. The van der Waals surface area contributed by atoms with Gasteiger partial charge in [-0.2, -0.15) is 0 Å². The van der Waals surface area contributed by atoms with Gasteiger partial charge in [-0.15, -0.1) is 0 Å². The monoisotopic (exact) mass is 429 g/mol. The summed E-state index contributed by atoms with van der Waals surface area (Å²) in [5.74, 6) is -0.383. The smallest absolute Gasteiger partial charge is 0.414 e. The van der Waals surface area contributed by atoms with Crippen molar-refractivity contribution in [3.63, 3.8) is 0 Å². The zero-order valence-electron chi connectivity index (χ0n) is 18.1. The van der Waals surface area contributed by atoms with Crippen molar-refractivity contribution in [1.82, 2.24) is 0 Å². The Morgan fingerprint density at radius 1 is 1.13 bits per heavy atom. The molecule has 1 amide bonds. The van der Waals surface area contributed by atoms with Gasteiger partial charge in [-0.05, 0) is 36.6 Å². The molecule has 1 aliphatic rings. The molecule has 2 aromatic rings. The predicted octanol–water partition coefficient (Wildman–Crippen LogP) is 5.36. The first kappa shape index (κ1) is 22.3. The van der Waals surface area contributed by atoms with Gasteiger partial charge < -0.3 is 13.9 Å². The van der Waals surface area contributed by atoms with Gasteiger partial charge in [-0.25, -0.2) is 9.18 Å². The van der Waals surface area contributed by atoms with Gasteiger partial charge in [0.1, 0.15) is 12.7 Å². The van der Waals surface area contributed by atoms with E-state index in [0.717, 1.165) is 5.56 Å². The van der Waals surface area contributed by atoms with Crippen LogP contribution in [0.3, 0.4) is 0 Å². The molecule has 0 saturated carbocycles. The number of amides is 1. The predicted molar refractivity (Wildman–Crippen MR) is 115 cm³/mol. The van der Waals surface area contributed by atoms with Crippen LogP contribution in [0, 0.1) is 5.82 Å². The highest BCUT2D eigenvalue weighted by Gasteiger charge is 2.43. The molecule has 2 radical (unpaired) electrons. The van der Waals surface area contributed by atoms with Gasteiger partial charge in [0, 0.05) is 6.07 Å². The van der Waals surface area contributed by atoms with Gasteiger partial charge in [0.15, 0.2) is 11.6 Å². The molecule has 1 atom stereocenters. The largest absolute Gasteiger partial charge is 0.486 e. The molecule has 0 unspecified atom stereocenters. The molecule has 0 aliphatic carbocycles. The zero-order valence-corrected chi connectivity index (χ0v) is 19.1. The van der Waals surface area contributed by atoms with Crippen LogP contribution in [0.15, 0.2) is 48.5 Å². The molecule has 0 spiro atoms. The summed E-state index contributed by atoms with van der Waals surface area (Å²) in [6.45, 7) is 10.7. The average Bonchev–Trinajstić information content (AvgIpc) is 3.08. The number of benzene rings is 2. The van der Waals surface area contributed by atoms with E-state index < -0.39 is 23.6 Å². The molecular formula is C23H28FNO4Si. The highest BCUT2D eigenvalue weighted by atomic mass is 28.2. The van der Waals surface area contributed by atoms with Crippen LogP contribution in [0.4, 0.5) is 14.9 Å². The summed E-state index contributed by atoms with van der Waals surface area (Å²) >= 11 is 0. The minimum atomic E-state index is -0.645. The lowest BCUT2D eigenvalue weighted by Crippen LogP contribution is -2.43. The van der Waals surface area contributed by atoms with Crippen LogP contribution in [0.5, 0.6) is 5.75 Å². The van der Waals surface area contributed by atoms with Crippen LogP contribution in [-0.2, 0) is 15.8 Å². The van der Waals surface area contributed by atoms with Crippen molar-refractivity contribution in [3.05, 3.63) is 59.9 Å². The number of halogens is 1. The van der Waals surface area contributed by atoms with E-state index in [4.69, 9.17) is 13.9 Å². The third-order valence-electron chi connectivity index (χ3n) is 4.67. The Morgan fingerprint density at radius 2 is 1.83 bits per heavy atom. The summed E-state index contributed by atoms with van der Waals surface area (Å²) in [7, 11) is 0.268. The molecule has 2 aromatic carbocycles. The maximum absolute atomic E-state index is 14.6. The van der Waals surface area contributed by atoms with Crippen LogP contribution < -0.4 is 9.64 Å². The lowest BCUT2D eigenvalue weighted by molar-refractivity contribution is -0.0133. The number of anilines is 1. The lowest BCUT2D eigenvalue weighted by atomic mass is 10.0. The third kappa shape index (κ3) is 5.61. The van der Waals surface area contributed by atoms with Crippen molar-refractivity contribution < 1.29 is 23.1 Å². The minimum Gasteiger partial charge on any atom is -0.486 e. The van der Waals surface area contributed by atoms with Gasteiger partial charge >= 0.3 is 6.09 Å². The van der Waals surface area contributed by atoms with Crippen molar-refractivity contribution in [2.45, 2.75) is 58.0 Å². The third-order valence-corrected chi connectivity index (χ3v) is 5.91. The SMILES string of the molecule is CC(C)(C)[Si]OC(C)(C)[C@H]1CN(c2ccc(OCc3ccccc3)c(F)c2)C(=O)O1. The van der Waals surface area contributed by atoms with E-state index in [1.54, 1.807) is 6.07 Å². The molecule has 0 aromatic heterocycles. The molecule has 1 saturated heterocycles. The fourth-order valence-electron chi connectivity index (χ4n) is 2.90. The van der Waals surface area contributed by atoms with E-state index in [-0.39, 0.29) is 27.2 Å². The number of ether oxygens (including phenoxy) is 2. The molecule has 160 valence electrons. The van der Waals surface area contributed by atoms with Crippen LogP contribution in [0.25, 0.3) is 0 Å². The van der Waals surface area contributed by atoms with Crippen LogP contribution in [0.2, 0.25) is 5.04 Å². The Kier molecular flexibility index (Phi) is 6.52. The second-order valence-corrected chi connectivity index (χ2v) is 10.8. The van der Waals surface area contributed by atoms with E-state index in [2.05, 4.69) is 20.8 Å². The maximum Gasteiger partial charge on any atom is 0.414 e. The first-order valence-corrected chi connectivity index (χ1v) is 10.9. The van der Waals surface area contributed by atoms with Crippen LogP contribution >= 0.6 is 0 Å². The lowest BCUT2D eigenvalue weighted by Gasteiger charge is -2.32. The topological polar surface area (TPSA) is 48.0 Å². The first-order valence-electron chi connectivity index (χ1n) is 9.95. The van der Waals surface area contributed by atoms with E-state index in [0.29, 0.717) is 12.2 Å². The number of hydrogen-bond acceptors (Lipinski definition) is 4. The number of hydrogen-bond donors (Lipinski definition) is 0. The Morgan fingerprint density at radius 3 is 2.47 bits per heavy atom. The van der Waals surface area contributed by atoms with Crippen molar-refractivity contribution in [3.8, 4) is 5.75 Å². The van der Waals surface area contributed by atoms with Crippen molar-refractivity contribution >= 4 is 21.5 Å². The molecule has 1 heterocycles. The van der Waals surface area contributed by atoms with Crippen molar-refractivity contribution in [2.24, 2.45) is 0 Å². The molecule has 3 rings (SSSR count). The van der Waals surface area contributed by atoms with Gasteiger partial charge in [-0.1, -0.05) is 51.1 Å². The Hall–Kier alpha value is -2.38. The van der Waals surface area contributed by atoms with Crippen LogP contribution in [-0.4, -0.2) is 34.1 Å².